The summed E-state index contributed by atoms with van der Waals surface area (Å²) >= 11 is 2.00. The highest BCUT2D eigenvalue weighted by atomic mass is 32.2. The number of benzene rings is 2. The maximum Gasteiger partial charge on any atom is 0.255 e. The highest BCUT2D eigenvalue weighted by molar-refractivity contribution is 7.99. The van der Waals surface area contributed by atoms with Gasteiger partial charge in [-0.2, -0.15) is 11.8 Å². The van der Waals surface area contributed by atoms with E-state index in [1.807, 2.05) is 30.0 Å². The number of rotatable bonds is 4. The number of aryl methyl sites for hydroxylation is 1. The molecule has 126 valence electrons. The standard InChI is InChI=1S/C19H21FN2OS/c1-14-11-16(5-6-18(14)20)19(23)21-17-4-2-3-15(12-17)13-22-7-9-24-10-8-22/h2-6,11-12H,7-10,13H2,1H3,(H,21,23). The Kier molecular flexibility index (Phi) is 5.53. The van der Waals surface area contributed by atoms with Crippen molar-refractivity contribution in [3.8, 4) is 0 Å². The first-order valence-electron chi connectivity index (χ1n) is 8.08. The maximum absolute atomic E-state index is 13.3. The van der Waals surface area contributed by atoms with Crippen LogP contribution in [0.5, 0.6) is 0 Å². The molecule has 2 aromatic rings. The van der Waals surface area contributed by atoms with Gasteiger partial charge in [0.2, 0.25) is 0 Å². The van der Waals surface area contributed by atoms with Crippen molar-refractivity contribution in [2.75, 3.05) is 29.9 Å². The van der Waals surface area contributed by atoms with Crippen LogP contribution in [-0.4, -0.2) is 35.4 Å². The summed E-state index contributed by atoms with van der Waals surface area (Å²) in [7, 11) is 0. The van der Waals surface area contributed by atoms with Crippen LogP contribution in [0.4, 0.5) is 10.1 Å². The van der Waals surface area contributed by atoms with Gasteiger partial charge in [-0.15, -0.1) is 0 Å². The lowest BCUT2D eigenvalue weighted by atomic mass is 10.1. The molecule has 0 saturated carbocycles. The number of nitrogens with one attached hydrogen (secondary N) is 1. The molecule has 0 spiro atoms. The van der Waals surface area contributed by atoms with Crippen LogP contribution in [0, 0.1) is 12.7 Å². The smallest absolute Gasteiger partial charge is 0.255 e. The van der Waals surface area contributed by atoms with Gasteiger partial charge in [0.1, 0.15) is 5.82 Å². The van der Waals surface area contributed by atoms with Gasteiger partial charge in [-0.3, -0.25) is 9.69 Å². The SMILES string of the molecule is Cc1cc(C(=O)Nc2cccc(CN3CCSCC3)c2)ccc1F. The highest BCUT2D eigenvalue weighted by Crippen LogP contribution is 2.17. The minimum absolute atomic E-state index is 0.218. The van der Waals surface area contributed by atoms with E-state index < -0.39 is 0 Å². The van der Waals surface area contributed by atoms with Gasteiger partial charge in [0.05, 0.1) is 0 Å². The number of anilines is 1. The molecule has 0 unspecified atom stereocenters. The van der Waals surface area contributed by atoms with E-state index in [2.05, 4.69) is 16.3 Å². The summed E-state index contributed by atoms with van der Waals surface area (Å²) in [5, 5.41) is 2.90. The fraction of sp³-hybridized carbons (Fsp3) is 0.316. The number of hydrogen-bond acceptors (Lipinski definition) is 3. The molecule has 1 heterocycles. The summed E-state index contributed by atoms with van der Waals surface area (Å²) in [5.41, 5.74) is 2.90. The molecule has 3 rings (SSSR count). The van der Waals surface area contributed by atoms with Crippen molar-refractivity contribution in [1.82, 2.24) is 4.90 Å². The topological polar surface area (TPSA) is 32.3 Å². The van der Waals surface area contributed by atoms with Crippen molar-refractivity contribution in [3.05, 3.63) is 65.0 Å². The lowest BCUT2D eigenvalue weighted by molar-refractivity contribution is 0.102. The van der Waals surface area contributed by atoms with Crippen LogP contribution in [0.2, 0.25) is 0 Å². The molecule has 1 aliphatic heterocycles. The molecule has 1 fully saturated rings. The Morgan fingerprint density at radius 1 is 1.21 bits per heavy atom. The van der Waals surface area contributed by atoms with Gasteiger partial charge in [0.15, 0.2) is 0 Å². The van der Waals surface area contributed by atoms with Crippen LogP contribution >= 0.6 is 11.8 Å². The largest absolute Gasteiger partial charge is 0.322 e. The van der Waals surface area contributed by atoms with Gasteiger partial charge >= 0.3 is 0 Å². The molecule has 3 nitrogen and oxygen atoms in total. The van der Waals surface area contributed by atoms with Gasteiger partial charge in [-0.05, 0) is 48.4 Å². The van der Waals surface area contributed by atoms with Crippen LogP contribution in [0.25, 0.3) is 0 Å². The van der Waals surface area contributed by atoms with Crippen LogP contribution in [-0.2, 0) is 6.54 Å². The van der Waals surface area contributed by atoms with E-state index in [9.17, 15) is 9.18 Å². The van der Waals surface area contributed by atoms with Gasteiger partial charge in [0.25, 0.3) is 5.91 Å². The van der Waals surface area contributed by atoms with Gasteiger partial charge in [0, 0.05) is 42.4 Å². The van der Waals surface area contributed by atoms with E-state index in [0.29, 0.717) is 11.1 Å². The number of carbonyl (C=O) groups excluding carboxylic acids is 1. The molecule has 1 amide bonds. The molecule has 1 saturated heterocycles. The van der Waals surface area contributed by atoms with Crippen molar-refractivity contribution in [2.45, 2.75) is 13.5 Å². The predicted octanol–water partition coefficient (Wildman–Crippen LogP) is 3.94. The molecule has 0 bridgehead atoms. The second-order valence-corrected chi connectivity index (χ2v) is 7.23. The predicted molar refractivity (Wildman–Crippen MR) is 98.1 cm³/mol. The Bertz CT molecular complexity index is 729. The molecule has 1 aliphatic rings. The third kappa shape index (κ3) is 4.36. The first kappa shape index (κ1) is 17.0. The van der Waals surface area contributed by atoms with E-state index in [0.717, 1.165) is 25.3 Å². The summed E-state index contributed by atoms with van der Waals surface area (Å²) in [6.07, 6.45) is 0. The van der Waals surface area contributed by atoms with E-state index in [-0.39, 0.29) is 11.7 Å². The molecular weight excluding hydrogens is 323 g/mol. The number of nitrogens with zero attached hydrogens (tertiary/aromatic N) is 1. The normalized spacial score (nSPS) is 15.2. The van der Waals surface area contributed by atoms with Crippen LogP contribution < -0.4 is 5.32 Å². The van der Waals surface area contributed by atoms with E-state index in [1.54, 1.807) is 13.0 Å². The summed E-state index contributed by atoms with van der Waals surface area (Å²) in [6.45, 7) is 4.77. The maximum atomic E-state index is 13.3. The lowest BCUT2D eigenvalue weighted by Gasteiger charge is -2.26. The monoisotopic (exact) mass is 344 g/mol. The Morgan fingerprint density at radius 3 is 2.75 bits per heavy atom. The van der Waals surface area contributed by atoms with E-state index in [1.165, 1.54) is 29.2 Å². The summed E-state index contributed by atoms with van der Waals surface area (Å²) in [5.74, 6) is 1.85. The fourth-order valence-electron chi connectivity index (χ4n) is 2.75. The number of carbonyl (C=O) groups is 1. The molecule has 1 N–H and O–H groups in total. The van der Waals surface area contributed by atoms with E-state index >= 15 is 0 Å². The van der Waals surface area contributed by atoms with Crippen molar-refractivity contribution >= 4 is 23.4 Å². The Hall–Kier alpha value is -1.85. The van der Waals surface area contributed by atoms with Crippen LogP contribution in [0.15, 0.2) is 42.5 Å². The van der Waals surface area contributed by atoms with Crippen LogP contribution in [0.1, 0.15) is 21.5 Å². The summed E-state index contributed by atoms with van der Waals surface area (Å²) in [4.78, 5) is 14.8. The second kappa shape index (κ2) is 7.81. The molecule has 0 atom stereocenters. The zero-order chi connectivity index (χ0) is 16.9. The molecule has 0 aliphatic carbocycles. The third-order valence-corrected chi connectivity index (χ3v) is 5.06. The average Bonchev–Trinajstić information content (AvgIpc) is 2.58. The average molecular weight is 344 g/mol. The van der Waals surface area contributed by atoms with Crippen LogP contribution in [0.3, 0.4) is 0 Å². The Balaban J connectivity index is 1.67. The van der Waals surface area contributed by atoms with Crippen molar-refractivity contribution in [1.29, 1.82) is 0 Å². The molecule has 24 heavy (non-hydrogen) atoms. The molecular formula is C19H21FN2OS. The molecule has 0 radical (unpaired) electrons. The minimum atomic E-state index is -0.298. The van der Waals surface area contributed by atoms with Gasteiger partial charge < -0.3 is 5.32 Å². The van der Waals surface area contributed by atoms with Gasteiger partial charge in [-0.25, -0.2) is 4.39 Å². The lowest BCUT2D eigenvalue weighted by Crippen LogP contribution is -2.31. The van der Waals surface area contributed by atoms with E-state index in [4.69, 9.17) is 0 Å². The van der Waals surface area contributed by atoms with Gasteiger partial charge in [-0.1, -0.05) is 12.1 Å². The highest BCUT2D eigenvalue weighted by Gasteiger charge is 2.12. The number of thioether (sulfide) groups is 1. The number of hydrogen-bond donors (Lipinski definition) is 1. The molecule has 5 heteroatoms. The molecule has 2 aromatic carbocycles. The zero-order valence-corrected chi connectivity index (χ0v) is 14.5. The number of halogens is 1. The Morgan fingerprint density at radius 2 is 2.00 bits per heavy atom. The minimum Gasteiger partial charge on any atom is -0.322 e. The van der Waals surface area contributed by atoms with Crippen molar-refractivity contribution in [2.24, 2.45) is 0 Å². The number of amides is 1. The first-order chi connectivity index (χ1) is 11.6. The zero-order valence-electron chi connectivity index (χ0n) is 13.7. The summed E-state index contributed by atoms with van der Waals surface area (Å²) in [6, 6.07) is 12.3. The second-order valence-electron chi connectivity index (χ2n) is 6.01. The Labute approximate surface area is 146 Å². The molecule has 0 aromatic heterocycles. The summed E-state index contributed by atoms with van der Waals surface area (Å²) < 4.78 is 13.3. The quantitative estimate of drug-likeness (QED) is 0.912. The van der Waals surface area contributed by atoms with Crippen molar-refractivity contribution < 1.29 is 9.18 Å². The first-order valence-corrected chi connectivity index (χ1v) is 9.24. The fourth-order valence-corrected chi connectivity index (χ4v) is 3.73. The van der Waals surface area contributed by atoms with Crippen molar-refractivity contribution in [3.63, 3.8) is 0 Å². The third-order valence-electron chi connectivity index (χ3n) is 4.11.